The largest absolute Gasteiger partial charge is 0.417 e. The van der Waals surface area contributed by atoms with Crippen molar-refractivity contribution in [2.75, 3.05) is 11.2 Å². The lowest BCUT2D eigenvalue weighted by atomic mass is 10.3. The molecule has 1 aromatic heterocycles. The lowest BCUT2D eigenvalue weighted by Crippen LogP contribution is -2.34. The van der Waals surface area contributed by atoms with E-state index in [0.717, 1.165) is 22.8 Å². The number of thioether (sulfide) groups is 1. The normalized spacial score (nSPS) is 16.1. The average Bonchev–Trinajstić information content (AvgIpc) is 2.62. The average molecular weight is 328 g/mol. The molecule has 1 aliphatic rings. The Kier molecular flexibility index (Phi) is 3.88. The van der Waals surface area contributed by atoms with Gasteiger partial charge in [-0.3, -0.25) is 10.2 Å². The van der Waals surface area contributed by atoms with Crippen molar-refractivity contribution in [2.45, 2.75) is 6.18 Å². The molecule has 10 heteroatoms. The molecule has 4 nitrogen and oxygen atoms in total. The molecule has 1 N–H and O–H groups in total. The van der Waals surface area contributed by atoms with Crippen molar-refractivity contribution in [2.24, 2.45) is 0 Å². The maximum Gasteiger partial charge on any atom is 0.417 e. The minimum atomic E-state index is -4.52. The van der Waals surface area contributed by atoms with Crippen LogP contribution in [0.3, 0.4) is 0 Å². The van der Waals surface area contributed by atoms with E-state index >= 15 is 0 Å². The fourth-order valence-corrected chi connectivity index (χ4v) is 2.43. The first kappa shape index (κ1) is 14.4. The second kappa shape index (κ2) is 5.14. The zero-order chi connectivity index (χ0) is 14.2. The Morgan fingerprint density at radius 2 is 2.21 bits per heavy atom. The predicted molar refractivity (Wildman–Crippen MR) is 69.8 cm³/mol. The number of carbonyl (C=O) groups excluding carboxylic acids is 1. The number of amides is 1. The third-order valence-corrected chi connectivity index (χ3v) is 3.78. The van der Waals surface area contributed by atoms with Gasteiger partial charge in [0.05, 0.1) is 16.3 Å². The summed E-state index contributed by atoms with van der Waals surface area (Å²) in [5.41, 5.74) is 1.53. The van der Waals surface area contributed by atoms with Gasteiger partial charge in [-0.15, -0.1) is 0 Å². The SMILES string of the molecule is O=C1CSC(=S)N1Nc1ncc(C(F)(F)F)cc1Cl. The first-order chi connectivity index (χ1) is 8.79. The van der Waals surface area contributed by atoms with Crippen LogP contribution in [0.25, 0.3) is 0 Å². The topological polar surface area (TPSA) is 45.2 Å². The molecule has 0 unspecified atom stereocenters. The van der Waals surface area contributed by atoms with Crippen molar-refractivity contribution in [3.63, 3.8) is 0 Å². The maximum atomic E-state index is 12.4. The molecular weight excluding hydrogens is 323 g/mol. The van der Waals surface area contributed by atoms with Gasteiger partial charge in [-0.25, -0.2) is 9.99 Å². The lowest BCUT2D eigenvalue weighted by molar-refractivity contribution is -0.137. The summed E-state index contributed by atoms with van der Waals surface area (Å²) in [6, 6.07) is 0.730. The number of pyridine rings is 1. The van der Waals surface area contributed by atoms with Crippen molar-refractivity contribution >= 4 is 51.6 Å². The molecule has 2 rings (SSSR count). The van der Waals surface area contributed by atoms with Crippen molar-refractivity contribution in [3.05, 3.63) is 22.8 Å². The van der Waals surface area contributed by atoms with Crippen LogP contribution in [0.5, 0.6) is 0 Å². The van der Waals surface area contributed by atoms with Gasteiger partial charge in [-0.1, -0.05) is 35.6 Å². The highest BCUT2D eigenvalue weighted by molar-refractivity contribution is 8.23. The zero-order valence-electron chi connectivity index (χ0n) is 8.99. The van der Waals surface area contributed by atoms with E-state index in [0.29, 0.717) is 6.20 Å². The second-order valence-electron chi connectivity index (χ2n) is 3.45. The van der Waals surface area contributed by atoms with Gasteiger partial charge in [0.25, 0.3) is 5.91 Å². The highest BCUT2D eigenvalue weighted by Gasteiger charge is 2.32. The molecule has 1 saturated heterocycles. The van der Waals surface area contributed by atoms with Crippen molar-refractivity contribution in [1.29, 1.82) is 0 Å². The van der Waals surface area contributed by atoms with Crippen molar-refractivity contribution in [3.8, 4) is 0 Å². The summed E-state index contributed by atoms with van der Waals surface area (Å²) in [5.74, 6) is -0.204. The Morgan fingerprint density at radius 1 is 1.53 bits per heavy atom. The minimum Gasteiger partial charge on any atom is -0.272 e. The number of alkyl halides is 3. The van der Waals surface area contributed by atoms with Gasteiger partial charge >= 0.3 is 6.18 Å². The number of hydrogen-bond acceptors (Lipinski definition) is 5. The first-order valence-electron chi connectivity index (χ1n) is 4.78. The van der Waals surface area contributed by atoms with E-state index in [4.69, 9.17) is 23.8 Å². The summed E-state index contributed by atoms with van der Waals surface area (Å²) < 4.78 is 37.5. The van der Waals surface area contributed by atoms with Gasteiger partial charge in [0.1, 0.15) is 0 Å². The monoisotopic (exact) mass is 327 g/mol. The van der Waals surface area contributed by atoms with E-state index in [1.165, 1.54) is 0 Å². The van der Waals surface area contributed by atoms with Crippen LogP contribution in [0.15, 0.2) is 12.3 Å². The molecule has 1 aliphatic heterocycles. The molecule has 0 saturated carbocycles. The molecule has 0 spiro atoms. The first-order valence-corrected chi connectivity index (χ1v) is 6.55. The number of nitrogens with one attached hydrogen (secondary N) is 1. The molecule has 19 heavy (non-hydrogen) atoms. The highest BCUT2D eigenvalue weighted by Crippen LogP contribution is 2.33. The summed E-state index contributed by atoms with van der Waals surface area (Å²) in [6.07, 6.45) is -3.89. The Hall–Kier alpha value is -1.06. The molecule has 2 heterocycles. The summed E-state index contributed by atoms with van der Waals surface area (Å²) >= 11 is 11.7. The number of halogens is 4. The number of carbonyl (C=O) groups is 1. The molecular formula is C9H5ClF3N3OS2. The summed E-state index contributed by atoms with van der Waals surface area (Å²) in [4.78, 5) is 15.0. The van der Waals surface area contributed by atoms with E-state index in [1.807, 2.05) is 0 Å². The lowest BCUT2D eigenvalue weighted by Gasteiger charge is -2.18. The summed E-state index contributed by atoms with van der Waals surface area (Å²) in [7, 11) is 0. The Bertz CT molecular complexity index is 536. The molecule has 0 radical (unpaired) electrons. The van der Waals surface area contributed by atoms with Gasteiger partial charge in [-0.05, 0) is 6.07 Å². The van der Waals surface area contributed by atoms with E-state index in [9.17, 15) is 18.0 Å². The van der Waals surface area contributed by atoms with Gasteiger partial charge in [-0.2, -0.15) is 13.2 Å². The smallest absolute Gasteiger partial charge is 0.272 e. The van der Waals surface area contributed by atoms with E-state index in [-0.39, 0.29) is 26.8 Å². The Balaban J connectivity index is 2.23. The predicted octanol–water partition coefficient (Wildman–Crippen LogP) is 2.94. The molecule has 1 fully saturated rings. The maximum absolute atomic E-state index is 12.4. The molecule has 0 aromatic carbocycles. The van der Waals surface area contributed by atoms with Gasteiger partial charge in [0.2, 0.25) is 0 Å². The number of thiocarbonyl (C=S) groups is 1. The third kappa shape index (κ3) is 3.10. The zero-order valence-corrected chi connectivity index (χ0v) is 11.4. The molecule has 0 atom stereocenters. The fraction of sp³-hybridized carbons (Fsp3) is 0.222. The number of hydrogen-bond donors (Lipinski definition) is 1. The van der Waals surface area contributed by atoms with Crippen molar-refractivity contribution < 1.29 is 18.0 Å². The third-order valence-electron chi connectivity index (χ3n) is 2.14. The quantitative estimate of drug-likeness (QED) is 0.846. The fourth-order valence-electron chi connectivity index (χ4n) is 1.24. The van der Waals surface area contributed by atoms with Crippen LogP contribution in [0.2, 0.25) is 5.02 Å². The van der Waals surface area contributed by atoms with Gasteiger partial charge in [0, 0.05) is 6.20 Å². The van der Waals surface area contributed by atoms with Crippen molar-refractivity contribution in [1.82, 2.24) is 9.99 Å². The minimum absolute atomic E-state index is 0.0622. The van der Waals surface area contributed by atoms with Crippen LogP contribution in [0.4, 0.5) is 19.0 Å². The molecule has 1 amide bonds. The van der Waals surface area contributed by atoms with Crippen LogP contribution < -0.4 is 5.43 Å². The van der Waals surface area contributed by atoms with Gasteiger partial charge < -0.3 is 0 Å². The van der Waals surface area contributed by atoms with E-state index in [1.54, 1.807) is 0 Å². The Morgan fingerprint density at radius 3 is 2.68 bits per heavy atom. The van der Waals surface area contributed by atoms with Crippen LogP contribution in [0, 0.1) is 0 Å². The Labute approximate surface area is 120 Å². The molecule has 102 valence electrons. The van der Waals surface area contributed by atoms with Crippen LogP contribution in [0.1, 0.15) is 5.56 Å². The number of rotatable bonds is 2. The van der Waals surface area contributed by atoms with Crippen LogP contribution in [-0.4, -0.2) is 26.0 Å². The standard InChI is InChI=1S/C9H5ClF3N3OS2/c10-5-1-4(9(11,12)13)2-14-7(5)15-16-6(17)3-19-8(16)18/h1-2H,3H2,(H,14,15). The van der Waals surface area contributed by atoms with Crippen LogP contribution >= 0.6 is 35.6 Å². The highest BCUT2D eigenvalue weighted by atomic mass is 35.5. The second-order valence-corrected chi connectivity index (χ2v) is 5.46. The van der Waals surface area contributed by atoms with Crippen LogP contribution in [-0.2, 0) is 11.0 Å². The van der Waals surface area contributed by atoms with E-state index in [2.05, 4.69) is 10.4 Å². The number of aromatic nitrogens is 1. The summed E-state index contributed by atoms with van der Waals surface area (Å²) in [6.45, 7) is 0. The number of hydrazine groups is 1. The molecule has 0 aliphatic carbocycles. The number of anilines is 1. The number of nitrogens with zero attached hydrogens (tertiary/aromatic N) is 2. The van der Waals surface area contributed by atoms with Gasteiger partial charge in [0.15, 0.2) is 10.1 Å². The molecule has 1 aromatic rings. The molecule has 0 bridgehead atoms. The summed E-state index contributed by atoms with van der Waals surface area (Å²) in [5, 5.41) is 0.781. The van der Waals surface area contributed by atoms with E-state index < -0.39 is 11.7 Å².